The van der Waals surface area contributed by atoms with E-state index in [2.05, 4.69) is 6.04 Å². The summed E-state index contributed by atoms with van der Waals surface area (Å²) in [5.41, 5.74) is 0. The van der Waals surface area contributed by atoms with E-state index in [1.807, 2.05) is 24.9 Å². The van der Waals surface area contributed by atoms with Crippen LogP contribution < -0.4 is 0 Å². The third-order valence-electron chi connectivity index (χ3n) is 0.972. The van der Waals surface area contributed by atoms with E-state index in [9.17, 15) is 0 Å². The summed E-state index contributed by atoms with van der Waals surface area (Å²) in [7, 11) is 0. The van der Waals surface area contributed by atoms with E-state index in [1.54, 1.807) is 0 Å². The number of hydrogen-bond acceptors (Lipinski definition) is 2. The monoisotopic (exact) mass is 113 g/mol. The predicted molar refractivity (Wildman–Crippen MR) is 32.6 cm³/mol. The van der Waals surface area contributed by atoms with Gasteiger partial charge in [0.1, 0.15) is 6.11 Å². The van der Waals surface area contributed by atoms with Gasteiger partial charge in [0.2, 0.25) is 0 Å². The highest BCUT2D eigenvalue weighted by Crippen LogP contribution is 1.79. The lowest BCUT2D eigenvalue weighted by Gasteiger charge is -2.08. The first-order chi connectivity index (χ1) is 3.85. The van der Waals surface area contributed by atoms with Gasteiger partial charge in [-0.2, -0.15) is 0 Å². The molecule has 0 rings (SSSR count). The van der Waals surface area contributed by atoms with E-state index in [4.69, 9.17) is 5.11 Å². The third-order valence-corrected chi connectivity index (χ3v) is 0.972. The zero-order valence-corrected chi connectivity index (χ0v) is 5.31. The van der Waals surface area contributed by atoms with Gasteiger partial charge in [-0.1, -0.05) is 0 Å². The summed E-state index contributed by atoms with van der Waals surface area (Å²) in [4.78, 5) is 1.82. The van der Waals surface area contributed by atoms with Crippen LogP contribution in [0.4, 0.5) is 0 Å². The maximum absolute atomic E-state index is 8.10. The van der Waals surface area contributed by atoms with Crippen molar-refractivity contribution >= 4 is 0 Å². The van der Waals surface area contributed by atoms with Crippen LogP contribution in [0.2, 0.25) is 0 Å². The lowest BCUT2D eigenvalue weighted by atomic mass is 10.6. The Kier molecular flexibility index (Phi) is 3.87. The summed E-state index contributed by atoms with van der Waals surface area (Å²) < 4.78 is 0. The van der Waals surface area contributed by atoms with Gasteiger partial charge in [-0.3, -0.25) is 0 Å². The standard InChI is InChI=1S/C6H11NO/c1-3-7(4-2)5-6-8/h8H,3-4H2,1-2H3. The van der Waals surface area contributed by atoms with Gasteiger partial charge < -0.3 is 10.0 Å². The van der Waals surface area contributed by atoms with Crippen LogP contribution in [0, 0.1) is 12.2 Å². The Bertz CT molecular complexity index is 96.8. The molecule has 0 aliphatic heterocycles. The minimum atomic E-state index is 0.865. The van der Waals surface area contributed by atoms with E-state index in [0.717, 1.165) is 13.1 Å². The van der Waals surface area contributed by atoms with Crippen molar-refractivity contribution in [3.63, 3.8) is 0 Å². The molecule has 0 bridgehead atoms. The number of nitrogens with zero attached hydrogens (tertiary/aromatic N) is 1. The molecule has 0 aromatic heterocycles. The summed E-state index contributed by atoms with van der Waals surface area (Å²) >= 11 is 0. The Morgan fingerprint density at radius 1 is 1.38 bits per heavy atom. The summed E-state index contributed by atoms with van der Waals surface area (Å²) in [6.45, 7) is 5.72. The van der Waals surface area contributed by atoms with Crippen LogP contribution in [-0.4, -0.2) is 23.1 Å². The molecule has 0 saturated heterocycles. The first-order valence-electron chi connectivity index (χ1n) is 2.74. The molecule has 1 N–H and O–H groups in total. The van der Waals surface area contributed by atoms with Crippen molar-refractivity contribution in [2.45, 2.75) is 13.8 Å². The van der Waals surface area contributed by atoms with Crippen LogP contribution in [0.25, 0.3) is 0 Å². The quantitative estimate of drug-likeness (QED) is 0.419. The van der Waals surface area contributed by atoms with Crippen LogP contribution in [0.15, 0.2) is 0 Å². The average molecular weight is 113 g/mol. The van der Waals surface area contributed by atoms with Gasteiger partial charge in [-0.15, -0.1) is 0 Å². The van der Waals surface area contributed by atoms with Gasteiger partial charge in [0.05, 0.1) is 6.04 Å². The molecule has 8 heavy (non-hydrogen) atoms. The van der Waals surface area contributed by atoms with Crippen molar-refractivity contribution in [2.75, 3.05) is 13.1 Å². The van der Waals surface area contributed by atoms with Crippen LogP contribution in [0.1, 0.15) is 13.8 Å². The molecule has 0 atom stereocenters. The maximum Gasteiger partial charge on any atom is 0.131 e. The lowest BCUT2D eigenvalue weighted by Crippen LogP contribution is -2.15. The maximum atomic E-state index is 8.10. The molecule has 0 amide bonds. The second-order valence-electron chi connectivity index (χ2n) is 1.40. The average Bonchev–Trinajstić information content (AvgIpc) is 1.83. The molecule has 0 spiro atoms. The van der Waals surface area contributed by atoms with E-state index >= 15 is 0 Å². The fourth-order valence-electron chi connectivity index (χ4n) is 0.452. The van der Waals surface area contributed by atoms with Crippen molar-refractivity contribution < 1.29 is 5.11 Å². The Morgan fingerprint density at radius 2 is 1.88 bits per heavy atom. The molecule has 2 nitrogen and oxygen atoms in total. The summed E-state index contributed by atoms with van der Waals surface area (Å²) in [6, 6.07) is 2.52. The van der Waals surface area contributed by atoms with Crippen molar-refractivity contribution in [3.05, 3.63) is 0 Å². The molecule has 0 saturated carbocycles. The lowest BCUT2D eigenvalue weighted by molar-refractivity contribution is 0.430. The third kappa shape index (κ3) is 2.35. The zero-order valence-electron chi connectivity index (χ0n) is 5.31. The summed E-state index contributed by atoms with van der Waals surface area (Å²) in [5, 5.41) is 8.10. The first-order valence-corrected chi connectivity index (χ1v) is 2.74. The van der Waals surface area contributed by atoms with Gasteiger partial charge in [0.25, 0.3) is 0 Å². The Balaban J connectivity index is 3.47. The SMILES string of the molecule is CCN(C#CO)CC. The van der Waals surface area contributed by atoms with Gasteiger partial charge >= 0.3 is 0 Å². The van der Waals surface area contributed by atoms with Crippen molar-refractivity contribution in [1.29, 1.82) is 0 Å². The molecule has 0 aromatic rings. The minimum absolute atomic E-state index is 0.865. The second kappa shape index (κ2) is 4.32. The normalized spacial score (nSPS) is 7.25. The van der Waals surface area contributed by atoms with Crippen molar-refractivity contribution in [1.82, 2.24) is 4.90 Å². The largest absolute Gasteiger partial charge is 0.461 e. The van der Waals surface area contributed by atoms with Crippen LogP contribution in [-0.2, 0) is 0 Å². The topological polar surface area (TPSA) is 23.5 Å². The zero-order chi connectivity index (χ0) is 6.41. The molecule has 46 valence electrons. The van der Waals surface area contributed by atoms with E-state index in [0.29, 0.717) is 0 Å². The predicted octanol–water partition coefficient (Wildman–Crippen LogP) is 0.619. The van der Waals surface area contributed by atoms with Gasteiger partial charge in [0, 0.05) is 13.1 Å². The number of aliphatic hydroxyl groups is 1. The van der Waals surface area contributed by atoms with E-state index < -0.39 is 0 Å². The van der Waals surface area contributed by atoms with E-state index in [1.165, 1.54) is 0 Å². The molecule has 2 heteroatoms. The highest BCUT2D eigenvalue weighted by atomic mass is 16.2. The number of aliphatic hydroxyl groups excluding tert-OH is 1. The van der Waals surface area contributed by atoms with Crippen LogP contribution >= 0.6 is 0 Å². The molecular weight excluding hydrogens is 102 g/mol. The summed E-state index contributed by atoms with van der Waals surface area (Å²) in [5.74, 6) is 0. The van der Waals surface area contributed by atoms with Crippen LogP contribution in [0.5, 0.6) is 0 Å². The Labute approximate surface area is 50.1 Å². The summed E-state index contributed by atoms with van der Waals surface area (Å²) in [6.07, 6.45) is 1.85. The van der Waals surface area contributed by atoms with Gasteiger partial charge in [-0.25, -0.2) is 0 Å². The molecule has 0 unspecified atom stereocenters. The molecule has 0 heterocycles. The Hall–Kier alpha value is -0.840. The second-order valence-corrected chi connectivity index (χ2v) is 1.40. The molecular formula is C6H11NO. The molecule has 0 radical (unpaired) electrons. The van der Waals surface area contributed by atoms with Crippen LogP contribution in [0.3, 0.4) is 0 Å². The first kappa shape index (κ1) is 7.16. The molecule has 0 aromatic carbocycles. The van der Waals surface area contributed by atoms with E-state index in [-0.39, 0.29) is 0 Å². The Morgan fingerprint density at radius 3 is 2.00 bits per heavy atom. The number of rotatable bonds is 2. The minimum Gasteiger partial charge on any atom is -0.461 e. The fourth-order valence-corrected chi connectivity index (χ4v) is 0.452. The molecule has 0 fully saturated rings. The van der Waals surface area contributed by atoms with Crippen molar-refractivity contribution in [2.24, 2.45) is 0 Å². The van der Waals surface area contributed by atoms with Gasteiger partial charge in [0.15, 0.2) is 0 Å². The number of hydrogen-bond donors (Lipinski definition) is 1. The fraction of sp³-hybridized carbons (Fsp3) is 0.667. The van der Waals surface area contributed by atoms with Gasteiger partial charge in [-0.05, 0) is 13.8 Å². The highest BCUT2D eigenvalue weighted by Gasteiger charge is 1.86. The molecule has 0 aliphatic rings. The van der Waals surface area contributed by atoms with Crippen molar-refractivity contribution in [3.8, 4) is 12.2 Å². The smallest absolute Gasteiger partial charge is 0.131 e. The highest BCUT2D eigenvalue weighted by molar-refractivity contribution is 4.88. The molecule has 0 aliphatic carbocycles.